The molecule has 0 aliphatic carbocycles. The Kier molecular flexibility index (Phi) is 8.76. The highest BCUT2D eigenvalue weighted by Gasteiger charge is 2.30. The SMILES string of the molecule is CC(N)C(=O)NC(Cc1cnc[nH]1)C(=O)NC(Cc1c[nH]c2ccccc12)C(=O)NC(CO)C(=O)O. The van der Waals surface area contributed by atoms with Gasteiger partial charge in [0.15, 0.2) is 0 Å². The van der Waals surface area contributed by atoms with Crippen LogP contribution in [-0.4, -0.2) is 79.6 Å². The average Bonchev–Trinajstić information content (AvgIpc) is 3.51. The Hall–Kier alpha value is -4.23. The van der Waals surface area contributed by atoms with Crippen molar-refractivity contribution in [3.8, 4) is 0 Å². The van der Waals surface area contributed by atoms with Crippen molar-refractivity contribution in [3.63, 3.8) is 0 Å². The number of nitrogens with zero attached hydrogens (tertiary/aromatic N) is 1. The number of aliphatic hydroxyl groups is 1. The Morgan fingerprint density at radius 1 is 0.972 bits per heavy atom. The van der Waals surface area contributed by atoms with Gasteiger partial charge < -0.3 is 41.9 Å². The monoisotopic (exact) mass is 499 g/mol. The van der Waals surface area contributed by atoms with E-state index in [0.717, 1.165) is 10.9 Å². The Morgan fingerprint density at radius 3 is 2.22 bits per heavy atom. The highest BCUT2D eigenvalue weighted by molar-refractivity contribution is 5.95. The second kappa shape index (κ2) is 12.0. The first-order valence-electron chi connectivity index (χ1n) is 11.2. The maximum Gasteiger partial charge on any atom is 0.328 e. The number of carboxylic acid groups (broad SMARTS) is 1. The lowest BCUT2D eigenvalue weighted by molar-refractivity contribution is -0.143. The molecule has 4 atom stereocenters. The quantitative estimate of drug-likeness (QED) is 0.147. The first-order chi connectivity index (χ1) is 17.2. The van der Waals surface area contributed by atoms with Gasteiger partial charge in [0.05, 0.1) is 19.0 Å². The standard InChI is InChI=1S/C23H29N7O6/c1-12(24)20(32)28-18(7-14-9-25-11-27-14)22(34)29-17(21(33)30-19(10-31)23(35)36)6-13-8-26-16-5-3-2-4-15(13)16/h2-5,8-9,11-12,17-19,26,31H,6-7,10,24H2,1H3,(H,25,27)(H,28,32)(H,29,34)(H,30,33)(H,35,36). The molecule has 0 bridgehead atoms. The molecule has 36 heavy (non-hydrogen) atoms. The van der Waals surface area contributed by atoms with Crippen molar-refractivity contribution in [2.45, 2.75) is 43.9 Å². The molecule has 0 aliphatic rings. The number of para-hydroxylation sites is 1. The van der Waals surface area contributed by atoms with Crippen LogP contribution in [0.4, 0.5) is 0 Å². The van der Waals surface area contributed by atoms with Gasteiger partial charge in [-0.25, -0.2) is 9.78 Å². The smallest absolute Gasteiger partial charge is 0.328 e. The first kappa shape index (κ1) is 26.4. The Balaban J connectivity index is 1.86. The molecule has 0 saturated carbocycles. The lowest BCUT2D eigenvalue weighted by atomic mass is 10.0. The van der Waals surface area contributed by atoms with Gasteiger partial charge in [0.2, 0.25) is 17.7 Å². The van der Waals surface area contributed by atoms with Gasteiger partial charge in [-0.15, -0.1) is 0 Å². The molecule has 0 saturated heterocycles. The minimum Gasteiger partial charge on any atom is -0.480 e. The zero-order valence-electron chi connectivity index (χ0n) is 19.5. The summed E-state index contributed by atoms with van der Waals surface area (Å²) in [5.74, 6) is -3.49. The van der Waals surface area contributed by atoms with Crippen LogP contribution >= 0.6 is 0 Å². The number of fused-ring (bicyclic) bond motifs is 1. The number of carbonyl (C=O) groups is 4. The van der Waals surface area contributed by atoms with Crippen LogP contribution in [0.15, 0.2) is 43.0 Å². The molecule has 192 valence electrons. The van der Waals surface area contributed by atoms with Crippen molar-refractivity contribution in [2.75, 3.05) is 6.61 Å². The molecule has 3 rings (SSSR count). The minimum absolute atomic E-state index is 0.0113. The molecular weight excluding hydrogens is 470 g/mol. The molecule has 1 aromatic carbocycles. The fourth-order valence-electron chi connectivity index (χ4n) is 3.59. The molecule has 13 nitrogen and oxygen atoms in total. The number of hydrogen-bond acceptors (Lipinski definition) is 7. The van der Waals surface area contributed by atoms with Crippen LogP contribution in [0.1, 0.15) is 18.2 Å². The zero-order valence-corrected chi connectivity index (χ0v) is 19.5. The van der Waals surface area contributed by atoms with E-state index in [2.05, 4.69) is 30.9 Å². The van der Waals surface area contributed by atoms with Crippen LogP contribution in [0, 0.1) is 0 Å². The predicted octanol–water partition coefficient (Wildman–Crippen LogP) is -1.45. The van der Waals surface area contributed by atoms with Crippen LogP contribution in [-0.2, 0) is 32.0 Å². The van der Waals surface area contributed by atoms with E-state index in [1.165, 1.54) is 19.4 Å². The number of amides is 3. The number of carboxylic acids is 1. The van der Waals surface area contributed by atoms with Gasteiger partial charge in [0.1, 0.15) is 18.1 Å². The minimum atomic E-state index is -1.56. The molecule has 2 heterocycles. The number of nitrogens with two attached hydrogens (primary N) is 1. The summed E-state index contributed by atoms with van der Waals surface area (Å²) in [5, 5.41) is 26.8. The normalized spacial score (nSPS) is 14.4. The van der Waals surface area contributed by atoms with Crippen LogP contribution in [0.5, 0.6) is 0 Å². The number of benzene rings is 1. The zero-order chi connectivity index (χ0) is 26.2. The van der Waals surface area contributed by atoms with Crippen LogP contribution in [0.2, 0.25) is 0 Å². The van der Waals surface area contributed by atoms with Crippen molar-refractivity contribution >= 4 is 34.6 Å². The summed E-state index contributed by atoms with van der Waals surface area (Å²) >= 11 is 0. The molecule has 9 N–H and O–H groups in total. The van der Waals surface area contributed by atoms with Crippen molar-refractivity contribution in [1.82, 2.24) is 30.9 Å². The lowest BCUT2D eigenvalue weighted by Crippen LogP contribution is -2.58. The predicted molar refractivity (Wildman–Crippen MR) is 128 cm³/mol. The molecule has 0 radical (unpaired) electrons. The molecule has 4 unspecified atom stereocenters. The number of aliphatic carboxylic acids is 1. The van der Waals surface area contributed by atoms with E-state index in [9.17, 15) is 29.4 Å². The van der Waals surface area contributed by atoms with Gasteiger partial charge in [-0.2, -0.15) is 0 Å². The summed E-state index contributed by atoms with van der Waals surface area (Å²) in [5.41, 5.74) is 7.72. The number of rotatable bonds is 12. The van der Waals surface area contributed by atoms with Crippen molar-refractivity contribution in [2.24, 2.45) is 5.73 Å². The third-order valence-corrected chi connectivity index (χ3v) is 5.55. The summed E-state index contributed by atoms with van der Waals surface area (Å²) in [6.07, 6.45) is 4.66. The van der Waals surface area contributed by atoms with Crippen LogP contribution in [0.25, 0.3) is 10.9 Å². The summed E-state index contributed by atoms with van der Waals surface area (Å²) in [6, 6.07) is 2.60. The number of aliphatic hydroxyl groups excluding tert-OH is 1. The van der Waals surface area contributed by atoms with Crippen molar-refractivity contribution in [3.05, 3.63) is 54.2 Å². The van der Waals surface area contributed by atoms with E-state index in [-0.39, 0.29) is 12.8 Å². The third-order valence-electron chi connectivity index (χ3n) is 5.55. The highest BCUT2D eigenvalue weighted by atomic mass is 16.4. The summed E-state index contributed by atoms with van der Waals surface area (Å²) in [7, 11) is 0. The Labute approximate surface area is 205 Å². The fourth-order valence-corrected chi connectivity index (χ4v) is 3.59. The van der Waals surface area contributed by atoms with Gasteiger partial charge in [0.25, 0.3) is 0 Å². The van der Waals surface area contributed by atoms with E-state index < -0.39 is 54.5 Å². The first-order valence-corrected chi connectivity index (χ1v) is 11.2. The lowest BCUT2D eigenvalue weighted by Gasteiger charge is -2.24. The number of aromatic amines is 2. The molecular formula is C23H29N7O6. The van der Waals surface area contributed by atoms with Crippen LogP contribution < -0.4 is 21.7 Å². The molecule has 0 aliphatic heterocycles. The molecule has 2 aromatic heterocycles. The second-order valence-corrected chi connectivity index (χ2v) is 8.34. The molecule has 0 spiro atoms. The number of aromatic nitrogens is 3. The molecule has 3 aromatic rings. The van der Waals surface area contributed by atoms with Gasteiger partial charge in [-0.3, -0.25) is 14.4 Å². The summed E-state index contributed by atoms with van der Waals surface area (Å²) in [6.45, 7) is 0.635. The topological polar surface area (TPSA) is 215 Å². The van der Waals surface area contributed by atoms with E-state index in [1.54, 1.807) is 6.20 Å². The Morgan fingerprint density at radius 2 is 1.61 bits per heavy atom. The van der Waals surface area contributed by atoms with E-state index >= 15 is 0 Å². The number of carbonyl (C=O) groups excluding carboxylic acids is 3. The van der Waals surface area contributed by atoms with Gasteiger partial charge in [0, 0.05) is 41.8 Å². The van der Waals surface area contributed by atoms with Crippen molar-refractivity contribution in [1.29, 1.82) is 0 Å². The highest BCUT2D eigenvalue weighted by Crippen LogP contribution is 2.19. The fraction of sp³-hybridized carbons (Fsp3) is 0.348. The Bertz CT molecular complexity index is 1210. The maximum absolute atomic E-state index is 13.3. The summed E-state index contributed by atoms with van der Waals surface area (Å²) in [4.78, 5) is 59.8. The number of nitrogens with one attached hydrogen (secondary N) is 5. The van der Waals surface area contributed by atoms with Gasteiger partial charge in [-0.05, 0) is 18.6 Å². The average molecular weight is 500 g/mol. The molecule has 0 fully saturated rings. The molecule has 13 heteroatoms. The maximum atomic E-state index is 13.3. The number of imidazole rings is 1. The van der Waals surface area contributed by atoms with E-state index in [1.807, 2.05) is 24.3 Å². The van der Waals surface area contributed by atoms with E-state index in [0.29, 0.717) is 11.3 Å². The van der Waals surface area contributed by atoms with Crippen LogP contribution in [0.3, 0.4) is 0 Å². The number of hydrogen-bond donors (Lipinski definition) is 8. The summed E-state index contributed by atoms with van der Waals surface area (Å²) < 4.78 is 0. The number of H-pyrrole nitrogens is 2. The second-order valence-electron chi connectivity index (χ2n) is 8.34. The van der Waals surface area contributed by atoms with Gasteiger partial charge >= 0.3 is 5.97 Å². The molecule has 3 amide bonds. The van der Waals surface area contributed by atoms with E-state index in [4.69, 9.17) is 5.73 Å². The van der Waals surface area contributed by atoms with Gasteiger partial charge in [-0.1, -0.05) is 18.2 Å². The van der Waals surface area contributed by atoms with Crippen molar-refractivity contribution < 1.29 is 29.4 Å². The largest absolute Gasteiger partial charge is 0.480 e. The third kappa shape index (κ3) is 6.67.